The molecule has 0 amide bonds. The molecular formula is C4H9O9P3-4. The normalized spacial score (nSPS) is 21.2. The molecule has 16 heavy (non-hydrogen) atoms. The highest BCUT2D eigenvalue weighted by atomic mass is 31.3. The Morgan fingerprint density at radius 2 is 1.25 bits per heavy atom. The predicted octanol–water partition coefficient (Wildman–Crippen LogP) is -1.33. The Labute approximate surface area is 91.8 Å². The molecule has 0 spiro atoms. The van der Waals surface area contributed by atoms with E-state index in [0.29, 0.717) is 0 Å². The fraction of sp³-hybridized carbons (Fsp3) is 1.00. The van der Waals surface area contributed by atoms with Crippen molar-refractivity contribution in [2.24, 2.45) is 0 Å². The molecule has 0 aliphatic rings. The smallest absolute Gasteiger partial charge is 0.276 e. The third kappa shape index (κ3) is 5.68. The summed E-state index contributed by atoms with van der Waals surface area (Å²) >= 11 is 0. The summed E-state index contributed by atoms with van der Waals surface area (Å²) in [6.45, 7) is 3.36. The predicted molar refractivity (Wildman–Crippen MR) is 44.7 cm³/mol. The van der Waals surface area contributed by atoms with Crippen LogP contribution in [-0.2, 0) is 22.3 Å². The van der Waals surface area contributed by atoms with Crippen molar-refractivity contribution in [3.8, 4) is 0 Å². The van der Waals surface area contributed by atoms with Gasteiger partial charge in [-0.1, -0.05) is 20.8 Å². The number of hydrogen-bond acceptors (Lipinski definition) is 9. The Morgan fingerprint density at radius 1 is 0.875 bits per heavy atom. The van der Waals surface area contributed by atoms with Crippen LogP contribution in [0.3, 0.4) is 0 Å². The Morgan fingerprint density at radius 3 is 1.50 bits per heavy atom. The Hall–Kier alpha value is 0.450. The number of rotatable bonds is 4. The summed E-state index contributed by atoms with van der Waals surface area (Å²) in [5.41, 5.74) is 0. The van der Waals surface area contributed by atoms with Crippen LogP contribution in [0.2, 0.25) is 0 Å². The van der Waals surface area contributed by atoms with Gasteiger partial charge in [0.15, 0.2) is 0 Å². The van der Waals surface area contributed by atoms with Crippen LogP contribution < -0.4 is 19.6 Å². The Bertz CT molecular complexity index is 388. The summed E-state index contributed by atoms with van der Waals surface area (Å²) in [6, 6.07) is 0. The maximum Gasteiger partial charge on any atom is 0.276 e. The van der Waals surface area contributed by atoms with Gasteiger partial charge in [-0.05, 0) is 0 Å². The van der Waals surface area contributed by atoms with E-state index in [2.05, 4.69) is 8.62 Å². The molecule has 2 atom stereocenters. The molecule has 0 rings (SSSR count). The summed E-state index contributed by atoms with van der Waals surface area (Å²) in [5, 5.41) is -1.59. The van der Waals surface area contributed by atoms with Gasteiger partial charge in [0.2, 0.25) is 0 Å². The fourth-order valence-electron chi connectivity index (χ4n) is 0.392. The highest BCUT2D eigenvalue weighted by Gasteiger charge is 2.31. The van der Waals surface area contributed by atoms with Crippen LogP contribution >= 0.6 is 23.2 Å². The minimum Gasteiger partial charge on any atom is -0.790 e. The second-order valence-corrected chi connectivity index (χ2v) is 9.16. The van der Waals surface area contributed by atoms with E-state index in [1.165, 1.54) is 0 Å². The lowest BCUT2D eigenvalue weighted by Crippen LogP contribution is -2.27. The summed E-state index contributed by atoms with van der Waals surface area (Å²) in [6.07, 6.45) is 0. The first-order valence-electron chi connectivity index (χ1n) is 3.73. The molecular weight excluding hydrogens is 285 g/mol. The maximum absolute atomic E-state index is 11.2. The lowest BCUT2D eigenvalue weighted by molar-refractivity contribution is -0.339. The van der Waals surface area contributed by atoms with Crippen molar-refractivity contribution in [2.45, 2.75) is 25.9 Å². The van der Waals surface area contributed by atoms with Crippen LogP contribution in [0.25, 0.3) is 0 Å². The second kappa shape index (κ2) is 4.61. The van der Waals surface area contributed by atoms with Gasteiger partial charge in [0.1, 0.15) is 7.60 Å². The van der Waals surface area contributed by atoms with Crippen LogP contribution in [0.15, 0.2) is 0 Å². The van der Waals surface area contributed by atoms with Crippen molar-refractivity contribution in [2.75, 3.05) is 0 Å². The molecule has 0 saturated carbocycles. The molecule has 0 N–H and O–H groups in total. The van der Waals surface area contributed by atoms with Crippen LogP contribution in [-0.4, -0.2) is 5.16 Å². The fourth-order valence-corrected chi connectivity index (χ4v) is 3.79. The minimum absolute atomic E-state index is 1.12. The number of hydrogen-bond donors (Lipinski definition) is 0. The first-order valence-corrected chi connectivity index (χ1v) is 8.20. The molecule has 9 nitrogen and oxygen atoms in total. The van der Waals surface area contributed by atoms with E-state index < -0.39 is 28.4 Å². The van der Waals surface area contributed by atoms with E-state index in [0.717, 1.165) is 20.8 Å². The maximum atomic E-state index is 11.2. The van der Waals surface area contributed by atoms with Crippen LogP contribution in [0.4, 0.5) is 0 Å². The van der Waals surface area contributed by atoms with Gasteiger partial charge in [0, 0.05) is 5.16 Å². The van der Waals surface area contributed by atoms with Gasteiger partial charge in [-0.3, -0.25) is 13.2 Å². The van der Waals surface area contributed by atoms with Crippen molar-refractivity contribution in [3.63, 3.8) is 0 Å². The van der Waals surface area contributed by atoms with Crippen molar-refractivity contribution in [1.29, 1.82) is 0 Å². The molecule has 0 heterocycles. The SMILES string of the molecule is CC(C)(C)P(=O)([O-])OP(=O)([O-])OP(=O)([O-])[O-]. The van der Waals surface area contributed by atoms with E-state index in [-0.39, 0.29) is 0 Å². The molecule has 0 aliphatic carbocycles. The van der Waals surface area contributed by atoms with Gasteiger partial charge in [0.25, 0.3) is 7.82 Å². The van der Waals surface area contributed by atoms with Gasteiger partial charge in [-0.25, -0.2) is 0 Å². The molecule has 0 saturated heterocycles. The Balaban J connectivity index is 4.94. The topological polar surface area (TPSA) is 162 Å². The molecule has 0 radical (unpaired) electrons. The summed E-state index contributed by atoms with van der Waals surface area (Å²) < 4.78 is 38.5. The zero-order valence-corrected chi connectivity index (χ0v) is 11.2. The van der Waals surface area contributed by atoms with E-state index in [1.807, 2.05) is 0 Å². The summed E-state index contributed by atoms with van der Waals surface area (Å²) in [7, 11) is -16.6. The lowest BCUT2D eigenvalue weighted by Gasteiger charge is -2.42. The minimum atomic E-state index is -5.89. The van der Waals surface area contributed by atoms with E-state index >= 15 is 0 Å². The molecule has 0 aromatic carbocycles. The Kier molecular flexibility index (Phi) is 4.74. The zero-order chi connectivity index (χ0) is 13.4. The average molecular weight is 294 g/mol. The monoisotopic (exact) mass is 294 g/mol. The third-order valence-electron chi connectivity index (χ3n) is 1.23. The molecule has 98 valence electrons. The summed E-state index contributed by atoms with van der Waals surface area (Å²) in [4.78, 5) is 41.9. The van der Waals surface area contributed by atoms with E-state index in [1.54, 1.807) is 0 Å². The van der Waals surface area contributed by atoms with Gasteiger partial charge >= 0.3 is 0 Å². The molecule has 2 unspecified atom stereocenters. The van der Waals surface area contributed by atoms with Gasteiger partial charge in [-0.15, -0.1) is 0 Å². The molecule has 0 fully saturated rings. The lowest BCUT2D eigenvalue weighted by atomic mass is 10.3. The highest BCUT2D eigenvalue weighted by Crippen LogP contribution is 2.64. The van der Waals surface area contributed by atoms with E-state index in [4.69, 9.17) is 0 Å². The molecule has 12 heteroatoms. The molecule has 0 bridgehead atoms. The summed E-state index contributed by atoms with van der Waals surface area (Å²) in [5.74, 6) is 0. The van der Waals surface area contributed by atoms with Crippen LogP contribution in [0.1, 0.15) is 20.8 Å². The molecule has 0 aromatic heterocycles. The quantitative estimate of drug-likeness (QED) is 0.571. The first kappa shape index (κ1) is 16.4. The van der Waals surface area contributed by atoms with Crippen LogP contribution in [0.5, 0.6) is 0 Å². The van der Waals surface area contributed by atoms with Crippen molar-refractivity contribution < 1.29 is 41.9 Å². The van der Waals surface area contributed by atoms with Crippen LogP contribution in [0, 0.1) is 0 Å². The van der Waals surface area contributed by atoms with Gasteiger partial charge < -0.3 is 28.7 Å². The first-order chi connectivity index (χ1) is 6.66. The molecule has 0 aromatic rings. The third-order valence-corrected chi connectivity index (χ3v) is 6.13. The van der Waals surface area contributed by atoms with Crippen molar-refractivity contribution in [1.82, 2.24) is 0 Å². The van der Waals surface area contributed by atoms with Gasteiger partial charge in [-0.2, -0.15) is 0 Å². The zero-order valence-electron chi connectivity index (χ0n) is 8.52. The average Bonchev–Trinajstić information content (AvgIpc) is 1.72. The second-order valence-electron chi connectivity index (χ2n) is 3.73. The van der Waals surface area contributed by atoms with Gasteiger partial charge in [0.05, 0.1) is 7.82 Å². The van der Waals surface area contributed by atoms with Crippen molar-refractivity contribution in [3.05, 3.63) is 0 Å². The highest BCUT2D eigenvalue weighted by molar-refractivity contribution is 7.67. The van der Waals surface area contributed by atoms with E-state index in [9.17, 15) is 33.3 Å². The number of phosphoric acid groups is 2. The van der Waals surface area contributed by atoms with Crippen molar-refractivity contribution >= 4 is 23.2 Å². The molecule has 0 aliphatic heterocycles. The largest absolute Gasteiger partial charge is 0.790 e. The standard InChI is InChI=1S/C4H13O9P3/c1-4(2,3)14(5,6)12-16(10,11)13-15(7,8)9/h1-3H3,(H,5,6)(H,10,11)(H2,7,8,9)/p-4.